The molecule has 6 nitrogen and oxygen atoms in total. The van der Waals surface area contributed by atoms with Gasteiger partial charge in [0.05, 0.1) is 0 Å². The number of imide groups is 1. The van der Waals surface area contributed by atoms with Crippen molar-refractivity contribution in [1.29, 1.82) is 0 Å². The van der Waals surface area contributed by atoms with Crippen LogP contribution in [0, 0.1) is 0 Å². The lowest BCUT2D eigenvalue weighted by molar-refractivity contribution is -0.134. The van der Waals surface area contributed by atoms with Gasteiger partial charge in [-0.05, 0) is 47.4 Å². The van der Waals surface area contributed by atoms with E-state index in [1.165, 1.54) is 11.3 Å². The quantitative estimate of drug-likeness (QED) is 0.858. The predicted octanol–water partition coefficient (Wildman–Crippen LogP) is 2.10. The summed E-state index contributed by atoms with van der Waals surface area (Å²) in [5.41, 5.74) is 1.59. The third-order valence-electron chi connectivity index (χ3n) is 4.86. The first-order valence-electron chi connectivity index (χ1n) is 8.06. The van der Waals surface area contributed by atoms with Crippen LogP contribution in [0.1, 0.15) is 18.1 Å². The molecule has 1 fully saturated rings. The lowest BCUT2D eigenvalue weighted by atomic mass is 9.95. The highest BCUT2D eigenvalue weighted by Gasteiger charge is 2.50. The summed E-state index contributed by atoms with van der Waals surface area (Å²) in [7, 11) is 0. The van der Waals surface area contributed by atoms with Gasteiger partial charge in [-0.15, -0.1) is 0 Å². The second-order valence-corrected chi connectivity index (χ2v) is 7.16. The SMILES string of the molecule is C[C@]1(c2ccsc2)NC(=O)N(CC(=O)N2CCc3ccccc32)C1=O. The predicted molar refractivity (Wildman–Crippen MR) is 94.4 cm³/mol. The van der Waals surface area contributed by atoms with Crippen molar-refractivity contribution in [2.24, 2.45) is 0 Å². The minimum atomic E-state index is -1.11. The Bertz CT molecular complexity index is 864. The van der Waals surface area contributed by atoms with E-state index in [2.05, 4.69) is 5.32 Å². The molecular weight excluding hydrogens is 338 g/mol. The summed E-state index contributed by atoms with van der Waals surface area (Å²) in [6.45, 7) is 1.99. The number of para-hydroxylation sites is 1. The topological polar surface area (TPSA) is 69.7 Å². The summed E-state index contributed by atoms with van der Waals surface area (Å²) >= 11 is 1.46. The van der Waals surface area contributed by atoms with Crippen LogP contribution in [-0.2, 0) is 21.5 Å². The van der Waals surface area contributed by atoms with E-state index in [1.807, 2.05) is 41.1 Å². The second kappa shape index (κ2) is 5.70. The Balaban J connectivity index is 1.55. The fourth-order valence-corrected chi connectivity index (χ4v) is 4.17. The number of nitrogens with zero attached hydrogens (tertiary/aromatic N) is 2. The van der Waals surface area contributed by atoms with Crippen molar-refractivity contribution < 1.29 is 14.4 Å². The molecule has 0 saturated carbocycles. The number of thiophene rings is 1. The molecule has 25 heavy (non-hydrogen) atoms. The Morgan fingerprint density at radius 2 is 2.08 bits per heavy atom. The van der Waals surface area contributed by atoms with Gasteiger partial charge in [0, 0.05) is 12.2 Å². The van der Waals surface area contributed by atoms with Gasteiger partial charge in [-0.3, -0.25) is 14.5 Å². The van der Waals surface area contributed by atoms with E-state index in [1.54, 1.807) is 11.8 Å². The first kappa shape index (κ1) is 15.8. The van der Waals surface area contributed by atoms with Crippen LogP contribution in [0.2, 0.25) is 0 Å². The van der Waals surface area contributed by atoms with Crippen molar-refractivity contribution in [2.45, 2.75) is 18.9 Å². The number of hydrogen-bond acceptors (Lipinski definition) is 4. The van der Waals surface area contributed by atoms with E-state index in [-0.39, 0.29) is 12.5 Å². The molecule has 0 spiro atoms. The maximum Gasteiger partial charge on any atom is 0.325 e. The zero-order valence-electron chi connectivity index (χ0n) is 13.7. The lowest BCUT2D eigenvalue weighted by Crippen LogP contribution is -2.44. The van der Waals surface area contributed by atoms with Crippen LogP contribution < -0.4 is 10.2 Å². The Kier molecular flexibility index (Phi) is 3.61. The number of rotatable bonds is 3. The largest absolute Gasteiger partial charge is 0.325 e. The minimum absolute atomic E-state index is 0.247. The van der Waals surface area contributed by atoms with E-state index in [0.717, 1.165) is 28.1 Å². The van der Waals surface area contributed by atoms with Gasteiger partial charge >= 0.3 is 6.03 Å². The van der Waals surface area contributed by atoms with Gasteiger partial charge < -0.3 is 10.2 Å². The molecule has 2 aliphatic heterocycles. The highest BCUT2D eigenvalue weighted by atomic mass is 32.1. The molecule has 0 unspecified atom stereocenters. The van der Waals surface area contributed by atoms with Crippen molar-refractivity contribution in [2.75, 3.05) is 18.0 Å². The molecule has 0 radical (unpaired) electrons. The molecule has 0 aliphatic carbocycles. The fourth-order valence-electron chi connectivity index (χ4n) is 3.40. The van der Waals surface area contributed by atoms with E-state index in [4.69, 9.17) is 0 Å². The molecule has 4 amide bonds. The van der Waals surface area contributed by atoms with Gasteiger partial charge in [-0.2, -0.15) is 11.3 Å². The molecule has 7 heteroatoms. The monoisotopic (exact) mass is 355 g/mol. The minimum Gasteiger partial charge on any atom is -0.319 e. The Morgan fingerprint density at radius 1 is 1.28 bits per heavy atom. The maximum absolute atomic E-state index is 12.8. The van der Waals surface area contributed by atoms with Gasteiger partial charge in [0.1, 0.15) is 12.1 Å². The second-order valence-electron chi connectivity index (χ2n) is 6.38. The number of amides is 4. The number of benzene rings is 1. The van der Waals surface area contributed by atoms with Crippen molar-refractivity contribution in [1.82, 2.24) is 10.2 Å². The summed E-state index contributed by atoms with van der Waals surface area (Å²) in [5.74, 6) is -0.639. The highest BCUT2D eigenvalue weighted by Crippen LogP contribution is 2.31. The number of hydrogen-bond donors (Lipinski definition) is 1. The Hall–Kier alpha value is -2.67. The molecule has 1 atom stereocenters. The lowest BCUT2D eigenvalue weighted by Gasteiger charge is -2.22. The number of carbonyl (C=O) groups is 3. The molecule has 4 rings (SSSR count). The molecule has 2 aliphatic rings. The Labute approximate surface area is 149 Å². The van der Waals surface area contributed by atoms with Gasteiger partial charge in [0.2, 0.25) is 5.91 Å². The highest BCUT2D eigenvalue weighted by molar-refractivity contribution is 7.08. The molecule has 0 bridgehead atoms. The zero-order chi connectivity index (χ0) is 17.6. The van der Waals surface area contributed by atoms with E-state index >= 15 is 0 Å². The smallest absolute Gasteiger partial charge is 0.319 e. The van der Waals surface area contributed by atoms with E-state index < -0.39 is 17.5 Å². The van der Waals surface area contributed by atoms with Crippen LogP contribution in [0.4, 0.5) is 10.5 Å². The zero-order valence-corrected chi connectivity index (χ0v) is 14.5. The summed E-state index contributed by atoms with van der Waals surface area (Å²) in [6.07, 6.45) is 0.786. The number of nitrogens with one attached hydrogen (secondary N) is 1. The van der Waals surface area contributed by atoms with Crippen LogP contribution in [0.3, 0.4) is 0 Å². The summed E-state index contributed by atoms with van der Waals surface area (Å²) in [6, 6.07) is 8.98. The molecule has 1 aromatic heterocycles. The molecule has 3 heterocycles. The third kappa shape index (κ3) is 2.42. The van der Waals surface area contributed by atoms with Crippen molar-refractivity contribution in [3.05, 3.63) is 52.2 Å². The maximum atomic E-state index is 12.8. The summed E-state index contributed by atoms with van der Waals surface area (Å²) in [4.78, 5) is 40.5. The first-order chi connectivity index (χ1) is 12.0. The summed E-state index contributed by atoms with van der Waals surface area (Å²) in [5, 5.41) is 6.41. The van der Waals surface area contributed by atoms with Gasteiger partial charge in [-0.25, -0.2) is 4.79 Å². The van der Waals surface area contributed by atoms with Crippen molar-refractivity contribution in [3.63, 3.8) is 0 Å². The average molecular weight is 355 g/mol. The Morgan fingerprint density at radius 3 is 2.84 bits per heavy atom. The first-order valence-corrected chi connectivity index (χ1v) is 9.00. The fraction of sp³-hybridized carbons (Fsp3) is 0.278. The van der Waals surface area contributed by atoms with Crippen LogP contribution in [-0.4, -0.2) is 35.8 Å². The van der Waals surface area contributed by atoms with Crippen molar-refractivity contribution >= 4 is 34.9 Å². The third-order valence-corrected chi connectivity index (χ3v) is 5.54. The molecule has 1 aromatic carbocycles. The van der Waals surface area contributed by atoms with Crippen LogP contribution in [0.25, 0.3) is 0 Å². The average Bonchev–Trinajstić information content (AvgIpc) is 3.31. The van der Waals surface area contributed by atoms with Crippen LogP contribution in [0.15, 0.2) is 41.1 Å². The van der Waals surface area contributed by atoms with Gasteiger partial charge in [0.25, 0.3) is 5.91 Å². The van der Waals surface area contributed by atoms with Gasteiger partial charge in [0.15, 0.2) is 0 Å². The van der Waals surface area contributed by atoms with Crippen LogP contribution >= 0.6 is 11.3 Å². The molecule has 1 N–H and O–H groups in total. The number of fused-ring (bicyclic) bond motifs is 1. The normalized spacial score (nSPS) is 22.3. The van der Waals surface area contributed by atoms with E-state index in [9.17, 15) is 14.4 Å². The summed E-state index contributed by atoms with van der Waals surface area (Å²) < 4.78 is 0. The number of carbonyl (C=O) groups excluding carboxylic acids is 3. The molecular formula is C18H17N3O3S. The number of urea groups is 1. The molecule has 128 valence electrons. The molecule has 2 aromatic rings. The van der Waals surface area contributed by atoms with Gasteiger partial charge in [-0.1, -0.05) is 18.2 Å². The molecule has 1 saturated heterocycles. The standard InChI is InChI=1S/C18H17N3O3S/c1-18(13-7-9-25-11-13)16(23)21(17(24)19-18)10-15(22)20-8-6-12-4-2-3-5-14(12)20/h2-5,7,9,11H,6,8,10H2,1H3,(H,19,24)/t18-/m1/s1. The number of anilines is 1. The van der Waals surface area contributed by atoms with Crippen molar-refractivity contribution in [3.8, 4) is 0 Å². The van der Waals surface area contributed by atoms with E-state index in [0.29, 0.717) is 6.54 Å². The van der Waals surface area contributed by atoms with Crippen LogP contribution in [0.5, 0.6) is 0 Å².